The molecule has 0 saturated heterocycles. The van der Waals surface area contributed by atoms with Gasteiger partial charge in [-0.1, -0.05) is 3.89 Å². The van der Waals surface area contributed by atoms with Crippen LogP contribution in [0.2, 0.25) is 0 Å². The van der Waals surface area contributed by atoms with Crippen molar-refractivity contribution in [2.24, 2.45) is 0 Å². The maximum absolute atomic E-state index is 12.5. The molecule has 3 rings (SSSR count). The van der Waals surface area contributed by atoms with Crippen molar-refractivity contribution in [1.29, 1.82) is 0 Å². The van der Waals surface area contributed by atoms with Gasteiger partial charge in [0.1, 0.15) is 23.9 Å². The SMILES string of the molecule is COc1ccc2c(c1)OCCN(C(=O)Nc1ccc(OS(=O)(=O)F)cc1)C2. The highest BCUT2D eigenvalue weighted by atomic mass is 32.3. The molecule has 8 nitrogen and oxygen atoms in total. The number of carbonyl (C=O) groups excluding carboxylic acids is 1. The minimum absolute atomic E-state index is 0.193. The summed E-state index contributed by atoms with van der Waals surface area (Å²) < 4.78 is 48.4. The highest BCUT2D eigenvalue weighted by Gasteiger charge is 2.20. The molecule has 0 fully saturated rings. The molecular weight excluding hydrogens is 379 g/mol. The molecule has 1 aliphatic heterocycles. The molecule has 0 spiro atoms. The summed E-state index contributed by atoms with van der Waals surface area (Å²) in [7, 11) is -3.52. The Morgan fingerprint density at radius 2 is 1.89 bits per heavy atom. The van der Waals surface area contributed by atoms with Crippen LogP contribution in [0.4, 0.5) is 14.4 Å². The van der Waals surface area contributed by atoms with Crippen molar-refractivity contribution in [3.05, 3.63) is 48.0 Å². The third kappa shape index (κ3) is 5.00. The van der Waals surface area contributed by atoms with Crippen LogP contribution in [-0.2, 0) is 17.0 Å². The molecule has 0 atom stereocenters. The van der Waals surface area contributed by atoms with Crippen molar-refractivity contribution in [2.45, 2.75) is 6.54 Å². The topological polar surface area (TPSA) is 94.2 Å². The van der Waals surface area contributed by atoms with E-state index in [2.05, 4.69) is 9.50 Å². The maximum atomic E-state index is 12.5. The lowest BCUT2D eigenvalue weighted by atomic mass is 10.2. The Morgan fingerprint density at radius 3 is 2.56 bits per heavy atom. The summed E-state index contributed by atoms with van der Waals surface area (Å²) in [6.07, 6.45) is 0. The lowest BCUT2D eigenvalue weighted by Crippen LogP contribution is -2.36. The number of carbonyl (C=O) groups is 1. The molecule has 0 saturated carbocycles. The van der Waals surface area contributed by atoms with E-state index in [1.165, 1.54) is 24.3 Å². The van der Waals surface area contributed by atoms with Gasteiger partial charge >= 0.3 is 16.5 Å². The van der Waals surface area contributed by atoms with Gasteiger partial charge in [-0.25, -0.2) is 4.79 Å². The molecule has 0 aliphatic carbocycles. The van der Waals surface area contributed by atoms with Crippen molar-refractivity contribution in [2.75, 3.05) is 25.6 Å². The zero-order valence-corrected chi connectivity index (χ0v) is 15.2. The molecule has 1 heterocycles. The number of nitrogens with one attached hydrogen (secondary N) is 1. The van der Waals surface area contributed by atoms with Crippen LogP contribution < -0.4 is 19.0 Å². The number of urea groups is 1. The van der Waals surface area contributed by atoms with Crippen molar-refractivity contribution < 1.29 is 30.8 Å². The largest absolute Gasteiger partial charge is 0.497 e. The zero-order valence-electron chi connectivity index (χ0n) is 14.3. The monoisotopic (exact) mass is 396 g/mol. The van der Waals surface area contributed by atoms with Gasteiger partial charge in [-0.05, 0) is 36.4 Å². The van der Waals surface area contributed by atoms with Gasteiger partial charge in [-0.3, -0.25) is 0 Å². The van der Waals surface area contributed by atoms with Gasteiger partial charge in [0.05, 0.1) is 20.2 Å². The first-order chi connectivity index (χ1) is 12.8. The molecule has 2 aromatic rings. The van der Waals surface area contributed by atoms with Crippen LogP contribution in [0.15, 0.2) is 42.5 Å². The number of hydrogen-bond donors (Lipinski definition) is 1. The molecule has 1 N–H and O–H groups in total. The van der Waals surface area contributed by atoms with Crippen LogP contribution in [-0.4, -0.2) is 39.6 Å². The molecule has 1 aliphatic rings. The van der Waals surface area contributed by atoms with Gasteiger partial charge in [0, 0.05) is 17.3 Å². The average Bonchev–Trinajstić information content (AvgIpc) is 2.83. The van der Waals surface area contributed by atoms with Crippen molar-refractivity contribution in [3.8, 4) is 17.2 Å². The third-order valence-electron chi connectivity index (χ3n) is 3.84. The fraction of sp³-hybridized carbons (Fsp3) is 0.235. The first-order valence-electron chi connectivity index (χ1n) is 7.94. The van der Waals surface area contributed by atoms with Crippen molar-refractivity contribution >= 4 is 22.2 Å². The van der Waals surface area contributed by atoms with E-state index in [0.29, 0.717) is 36.9 Å². The van der Waals surface area contributed by atoms with Crippen LogP contribution in [0.25, 0.3) is 0 Å². The zero-order chi connectivity index (χ0) is 19.4. The second-order valence-corrected chi connectivity index (χ2v) is 6.63. The number of ether oxygens (including phenoxy) is 2. The summed E-state index contributed by atoms with van der Waals surface area (Å²) in [6, 6.07) is 10.3. The van der Waals surface area contributed by atoms with Crippen LogP contribution in [0.3, 0.4) is 0 Å². The molecule has 27 heavy (non-hydrogen) atoms. The van der Waals surface area contributed by atoms with Crippen LogP contribution >= 0.6 is 0 Å². The number of nitrogens with zero attached hydrogens (tertiary/aromatic N) is 1. The predicted molar refractivity (Wildman–Crippen MR) is 95.0 cm³/mol. The number of methoxy groups -OCH3 is 1. The standard InChI is InChI=1S/C17H17FN2O6S/c1-24-15-5-2-12-11-20(8-9-25-16(12)10-15)17(21)19-13-3-6-14(7-4-13)26-27(18,22)23/h2-7,10H,8-9,11H2,1H3,(H,19,21). The van der Waals surface area contributed by atoms with Gasteiger partial charge in [0.2, 0.25) is 0 Å². The summed E-state index contributed by atoms with van der Waals surface area (Å²) in [4.78, 5) is 14.1. The quantitative estimate of drug-likeness (QED) is 0.799. The second-order valence-electron chi connectivity index (χ2n) is 5.67. The number of benzene rings is 2. The number of hydrogen-bond acceptors (Lipinski definition) is 6. The lowest BCUT2D eigenvalue weighted by Gasteiger charge is -2.20. The lowest BCUT2D eigenvalue weighted by molar-refractivity contribution is 0.200. The number of halogens is 1. The Labute approximate surface area is 155 Å². The summed E-state index contributed by atoms with van der Waals surface area (Å²) in [6.45, 7) is 1.06. The minimum Gasteiger partial charge on any atom is -0.497 e. The number of amides is 2. The van der Waals surface area contributed by atoms with Crippen LogP contribution in [0.5, 0.6) is 17.2 Å². The normalized spacial score (nSPS) is 13.8. The summed E-state index contributed by atoms with van der Waals surface area (Å²) in [5, 5.41) is 2.69. The fourth-order valence-electron chi connectivity index (χ4n) is 2.56. The van der Waals surface area contributed by atoms with Gasteiger partial charge in [-0.15, -0.1) is 0 Å². The summed E-state index contributed by atoms with van der Waals surface area (Å²) in [5.74, 6) is 1.14. The molecule has 2 aromatic carbocycles. The first-order valence-corrected chi connectivity index (χ1v) is 9.25. The molecular formula is C17H17FN2O6S. The van der Waals surface area contributed by atoms with Gasteiger partial charge in [0.15, 0.2) is 0 Å². The van der Waals surface area contributed by atoms with E-state index in [0.717, 1.165) is 5.56 Å². The van der Waals surface area contributed by atoms with Crippen LogP contribution in [0, 0.1) is 0 Å². The van der Waals surface area contributed by atoms with E-state index >= 15 is 0 Å². The van der Waals surface area contributed by atoms with Gasteiger partial charge < -0.3 is 23.9 Å². The van der Waals surface area contributed by atoms with Crippen LogP contribution in [0.1, 0.15) is 5.56 Å². The molecule has 2 amide bonds. The third-order valence-corrected chi connectivity index (χ3v) is 4.23. The Bertz CT molecular complexity index is 933. The van der Waals surface area contributed by atoms with Crippen molar-refractivity contribution in [1.82, 2.24) is 4.90 Å². The molecule has 0 bridgehead atoms. The Balaban J connectivity index is 1.67. The Morgan fingerprint density at radius 1 is 1.19 bits per heavy atom. The van der Waals surface area contributed by atoms with E-state index < -0.39 is 10.5 Å². The van der Waals surface area contributed by atoms with E-state index in [9.17, 15) is 17.1 Å². The van der Waals surface area contributed by atoms with Crippen molar-refractivity contribution in [3.63, 3.8) is 0 Å². The van der Waals surface area contributed by atoms with Gasteiger partial charge in [0.25, 0.3) is 0 Å². The smallest absolute Gasteiger partial charge is 0.488 e. The maximum Gasteiger partial charge on any atom is 0.488 e. The average molecular weight is 396 g/mol. The summed E-state index contributed by atoms with van der Waals surface area (Å²) >= 11 is 0. The molecule has 144 valence electrons. The number of rotatable bonds is 4. The Hall–Kier alpha value is -3.01. The predicted octanol–water partition coefficient (Wildman–Crippen LogP) is 2.71. The molecule has 0 radical (unpaired) electrons. The number of fused-ring (bicyclic) bond motifs is 1. The van der Waals surface area contributed by atoms with E-state index in [1.807, 2.05) is 6.07 Å². The highest BCUT2D eigenvalue weighted by molar-refractivity contribution is 7.81. The van der Waals surface area contributed by atoms with E-state index in [-0.39, 0.29) is 11.8 Å². The van der Waals surface area contributed by atoms with E-state index in [1.54, 1.807) is 24.1 Å². The summed E-state index contributed by atoms with van der Waals surface area (Å²) in [5.41, 5.74) is 1.25. The molecule has 0 aromatic heterocycles. The fourth-order valence-corrected chi connectivity index (χ4v) is 2.90. The Kier molecular flexibility index (Phi) is 5.36. The number of anilines is 1. The highest BCUT2D eigenvalue weighted by Crippen LogP contribution is 2.28. The molecule has 10 heteroatoms. The first kappa shape index (κ1) is 18.8. The molecule has 0 unspecified atom stereocenters. The van der Waals surface area contributed by atoms with Gasteiger partial charge in [-0.2, -0.15) is 8.42 Å². The minimum atomic E-state index is -5.09. The van der Waals surface area contributed by atoms with E-state index in [4.69, 9.17) is 9.47 Å². The second kappa shape index (κ2) is 7.70.